The molecule has 106 valence electrons. The third kappa shape index (κ3) is 25.2. The summed E-state index contributed by atoms with van der Waals surface area (Å²) in [6.45, 7) is 2.00. The molecule has 0 aliphatic rings. The second-order valence-corrected chi connectivity index (χ2v) is 2.08. The first-order chi connectivity index (χ1) is 8.83. The molecule has 0 radical (unpaired) electrons. The zero-order valence-corrected chi connectivity index (χ0v) is 9.72. The smallest absolute Gasteiger partial charge is 0.309 e. The van der Waals surface area contributed by atoms with Crippen molar-refractivity contribution in [3.8, 4) is 0 Å². The van der Waals surface area contributed by atoms with E-state index < -0.39 is 6.03 Å². The van der Waals surface area contributed by atoms with Gasteiger partial charge >= 0.3 is 6.03 Å². The van der Waals surface area contributed by atoms with Gasteiger partial charge in [0.15, 0.2) is 12.6 Å². The first-order valence-corrected chi connectivity index (χ1v) is 4.08. The van der Waals surface area contributed by atoms with Crippen LogP contribution >= 0.6 is 0 Å². The number of primary amides is 2. The number of hydrogen-bond acceptors (Lipinski definition) is 10. The Bertz CT molecular complexity index is 338. The molecule has 1 aromatic heterocycles. The summed E-state index contributed by atoms with van der Waals surface area (Å²) in [5.74, 6) is 0.125. The van der Waals surface area contributed by atoms with Gasteiger partial charge in [0.2, 0.25) is 17.8 Å². The largest absolute Gasteiger partial charge is 0.368 e. The van der Waals surface area contributed by atoms with Crippen molar-refractivity contribution in [3.05, 3.63) is 0 Å². The Morgan fingerprint density at radius 3 is 1.11 bits per heavy atom. The molecule has 12 heteroatoms. The minimum absolute atomic E-state index is 0.0417. The Kier molecular flexibility index (Phi) is 16.3. The van der Waals surface area contributed by atoms with Gasteiger partial charge in [-0.2, -0.15) is 15.0 Å². The average Bonchev–Trinajstić information content (AvgIpc) is 2.29. The third-order valence-corrected chi connectivity index (χ3v) is 0.743. The van der Waals surface area contributed by atoms with Crippen LogP contribution in [0.4, 0.5) is 22.6 Å². The second kappa shape index (κ2) is 14.7. The number of carbonyl (C=O) groups excluding carboxylic acids is 4. The number of anilines is 3. The maximum absolute atomic E-state index is 9.00. The number of nitrogens with two attached hydrogens (primary N) is 5. The van der Waals surface area contributed by atoms with Gasteiger partial charge in [-0.05, 0) is 0 Å². The SMILES string of the molecule is C=O.NC(N)=O.Nc1nc(N)nc(N)n1.O=CC=O. The lowest BCUT2D eigenvalue weighted by molar-refractivity contribution is -0.122. The molecule has 0 aliphatic carbocycles. The van der Waals surface area contributed by atoms with Crippen LogP contribution in [0.2, 0.25) is 0 Å². The molecular weight excluding hydrogens is 260 g/mol. The maximum Gasteiger partial charge on any atom is 0.309 e. The molecule has 0 fully saturated rings. The highest BCUT2D eigenvalue weighted by atomic mass is 16.2. The number of nitrogens with zero attached hydrogens (tertiary/aromatic N) is 3. The number of aromatic nitrogens is 3. The molecule has 0 saturated heterocycles. The predicted octanol–water partition coefficient (Wildman–Crippen LogP) is -3.16. The van der Waals surface area contributed by atoms with Crippen molar-refractivity contribution in [2.24, 2.45) is 11.5 Å². The predicted molar refractivity (Wildman–Crippen MR) is 66.1 cm³/mol. The monoisotopic (exact) mass is 274 g/mol. The lowest BCUT2D eigenvalue weighted by Gasteiger charge is -1.93. The normalized spacial score (nSPS) is 6.95. The summed E-state index contributed by atoms with van der Waals surface area (Å²) in [6, 6.07) is -0.833. The van der Waals surface area contributed by atoms with E-state index in [1.165, 1.54) is 0 Å². The van der Waals surface area contributed by atoms with Crippen LogP contribution in [0.15, 0.2) is 0 Å². The van der Waals surface area contributed by atoms with E-state index in [0.717, 1.165) is 0 Å². The summed E-state index contributed by atoms with van der Waals surface area (Å²) in [5.41, 5.74) is 23.9. The summed E-state index contributed by atoms with van der Waals surface area (Å²) in [4.78, 5) is 45.1. The van der Waals surface area contributed by atoms with Crippen LogP contribution in [0, 0.1) is 0 Å². The Labute approximate surface area is 107 Å². The molecule has 0 aliphatic heterocycles. The highest BCUT2D eigenvalue weighted by molar-refractivity contribution is 6.09. The van der Waals surface area contributed by atoms with E-state index in [4.69, 9.17) is 36.4 Å². The summed E-state index contributed by atoms with van der Waals surface area (Å²) in [6.07, 6.45) is 0.389. The van der Waals surface area contributed by atoms with Crippen molar-refractivity contribution >= 4 is 43.2 Å². The molecule has 1 rings (SSSR count). The topological polar surface area (TPSA) is 237 Å². The van der Waals surface area contributed by atoms with E-state index in [2.05, 4.69) is 26.4 Å². The molecule has 12 nitrogen and oxygen atoms in total. The van der Waals surface area contributed by atoms with Crippen LogP contribution in [0.5, 0.6) is 0 Å². The standard InChI is InChI=1S/C3H6N6.C2H2O2.CH4N2O.CH2O/c4-1-7-2(5)9-3(6)8-1;3-1-2-4;2-1(3)4;1-2/h(H6,4,5,6,7,8,9);1-2H;(H4,2,3,4);1H2. The zero-order valence-electron chi connectivity index (χ0n) is 9.72. The minimum atomic E-state index is -0.833. The lowest BCUT2D eigenvalue weighted by Crippen LogP contribution is -2.18. The first kappa shape index (κ1) is 21.0. The Hall–Kier alpha value is -3.31. The van der Waals surface area contributed by atoms with Crippen molar-refractivity contribution in [2.75, 3.05) is 17.2 Å². The number of carbonyl (C=O) groups is 4. The molecule has 1 aromatic rings. The van der Waals surface area contributed by atoms with Gasteiger partial charge in [-0.1, -0.05) is 0 Å². The fourth-order valence-corrected chi connectivity index (χ4v) is 0.427. The Morgan fingerprint density at radius 1 is 0.842 bits per heavy atom. The fourth-order valence-electron chi connectivity index (χ4n) is 0.427. The van der Waals surface area contributed by atoms with E-state index in [9.17, 15) is 0 Å². The minimum Gasteiger partial charge on any atom is -0.368 e. The Balaban J connectivity index is -0.000000217. The lowest BCUT2D eigenvalue weighted by atomic mass is 10.9. The summed E-state index contributed by atoms with van der Waals surface area (Å²) in [5, 5.41) is 0. The van der Waals surface area contributed by atoms with E-state index in [1.54, 1.807) is 0 Å². The van der Waals surface area contributed by atoms with E-state index in [0.29, 0.717) is 0 Å². The number of aldehydes is 2. The number of hydrogen-bond donors (Lipinski definition) is 5. The fraction of sp³-hybridized carbons (Fsp3) is 0. The molecule has 19 heavy (non-hydrogen) atoms. The molecule has 0 aromatic carbocycles. The molecule has 10 N–H and O–H groups in total. The van der Waals surface area contributed by atoms with Crippen molar-refractivity contribution in [1.29, 1.82) is 0 Å². The van der Waals surface area contributed by atoms with E-state index in [-0.39, 0.29) is 30.4 Å². The second-order valence-electron chi connectivity index (χ2n) is 2.08. The van der Waals surface area contributed by atoms with Crippen molar-refractivity contribution in [1.82, 2.24) is 15.0 Å². The van der Waals surface area contributed by atoms with Crippen LogP contribution in [-0.4, -0.2) is 40.3 Å². The van der Waals surface area contributed by atoms with Gasteiger partial charge in [-0.3, -0.25) is 9.59 Å². The molecule has 1 heterocycles. The Morgan fingerprint density at radius 2 is 1.00 bits per heavy atom. The third-order valence-electron chi connectivity index (χ3n) is 0.743. The van der Waals surface area contributed by atoms with E-state index in [1.807, 2.05) is 6.79 Å². The zero-order chi connectivity index (χ0) is 15.8. The van der Waals surface area contributed by atoms with Gasteiger partial charge < -0.3 is 33.5 Å². The van der Waals surface area contributed by atoms with Gasteiger partial charge in [0, 0.05) is 0 Å². The van der Waals surface area contributed by atoms with Crippen LogP contribution in [0.3, 0.4) is 0 Å². The molecule has 0 spiro atoms. The number of rotatable bonds is 1. The average molecular weight is 274 g/mol. The molecule has 0 saturated carbocycles. The molecule has 0 unspecified atom stereocenters. The highest BCUT2D eigenvalue weighted by Crippen LogP contribution is 1.97. The molecule has 0 atom stereocenters. The van der Waals surface area contributed by atoms with Crippen LogP contribution < -0.4 is 28.7 Å². The molecule has 2 amide bonds. The molecular formula is C7H14N8O4. The highest BCUT2D eigenvalue weighted by Gasteiger charge is 1.93. The van der Waals surface area contributed by atoms with Crippen LogP contribution in [0.25, 0.3) is 0 Å². The van der Waals surface area contributed by atoms with Gasteiger partial charge in [0.25, 0.3) is 0 Å². The van der Waals surface area contributed by atoms with Crippen molar-refractivity contribution < 1.29 is 19.2 Å². The number of nitrogen functional groups attached to an aromatic ring is 3. The van der Waals surface area contributed by atoms with Gasteiger partial charge in [-0.25, -0.2) is 4.79 Å². The molecule has 0 bridgehead atoms. The van der Waals surface area contributed by atoms with Crippen LogP contribution in [-0.2, 0) is 14.4 Å². The summed E-state index contributed by atoms with van der Waals surface area (Å²) >= 11 is 0. The maximum atomic E-state index is 9.00. The van der Waals surface area contributed by atoms with Crippen molar-refractivity contribution in [3.63, 3.8) is 0 Å². The van der Waals surface area contributed by atoms with Gasteiger partial charge in [-0.15, -0.1) is 0 Å². The summed E-state index contributed by atoms with van der Waals surface area (Å²) < 4.78 is 0. The van der Waals surface area contributed by atoms with Crippen LogP contribution in [0.1, 0.15) is 0 Å². The summed E-state index contributed by atoms with van der Waals surface area (Å²) in [7, 11) is 0. The van der Waals surface area contributed by atoms with Gasteiger partial charge in [0.05, 0.1) is 0 Å². The quantitative estimate of drug-likeness (QED) is 0.254. The van der Waals surface area contributed by atoms with Gasteiger partial charge in [0.1, 0.15) is 6.79 Å². The van der Waals surface area contributed by atoms with E-state index >= 15 is 0 Å². The first-order valence-electron chi connectivity index (χ1n) is 4.08. The number of amides is 2. The van der Waals surface area contributed by atoms with Crippen molar-refractivity contribution in [2.45, 2.75) is 0 Å². The number of urea groups is 1.